The third kappa shape index (κ3) is 138. The summed E-state index contributed by atoms with van der Waals surface area (Å²) in [6, 6.07) is 0. The Morgan fingerprint density at radius 1 is 0.500 bits per heavy atom. The molecule has 0 saturated heterocycles. The van der Waals surface area contributed by atoms with Gasteiger partial charge in [-0.1, -0.05) is 0 Å². The molecule has 8 heteroatoms. The first-order chi connectivity index (χ1) is 0. The van der Waals surface area contributed by atoms with Crippen LogP contribution in [0.2, 0.25) is 0 Å². The minimum absolute atomic E-state index is 0. The molecule has 0 bridgehead atoms. The molecule has 0 heterocycles. The Labute approximate surface area is 82.2 Å². The van der Waals surface area contributed by atoms with E-state index in [9.17, 15) is 0 Å². The van der Waals surface area contributed by atoms with E-state index in [1.165, 1.54) is 0 Å². The van der Waals surface area contributed by atoms with E-state index in [-0.39, 0.29) is 82.4 Å². The van der Waals surface area contributed by atoms with Crippen LogP contribution in [0.25, 0.3) is 0 Å². The predicted molar refractivity (Wildman–Crippen MR) is 9.19 cm³/mol. The molecular formula is GeLiO5V. The minimum atomic E-state index is 0. The summed E-state index contributed by atoms with van der Waals surface area (Å²) < 4.78 is 0. The summed E-state index contributed by atoms with van der Waals surface area (Å²) in [7, 11) is 0. The van der Waals surface area contributed by atoms with Crippen LogP contribution >= 0.6 is 0 Å². The molecule has 0 aromatic rings. The Bertz CT molecular complexity index is 12.4. The first-order valence-corrected chi connectivity index (χ1v) is 0. The van der Waals surface area contributed by atoms with Gasteiger partial charge in [-0.15, -0.1) is 0 Å². The quantitative estimate of drug-likeness (QED) is 0.359. The molecule has 0 rings (SSSR count). The molecule has 0 saturated carbocycles. The fourth-order valence-corrected chi connectivity index (χ4v) is 0. The third-order valence-electron chi connectivity index (χ3n) is 0. The van der Waals surface area contributed by atoms with Gasteiger partial charge in [0.05, 0.1) is 0 Å². The molecule has 0 aromatic heterocycles. The summed E-state index contributed by atoms with van der Waals surface area (Å²) in [5.41, 5.74) is 0. The van der Waals surface area contributed by atoms with Gasteiger partial charge in [0.1, 0.15) is 0 Å². The topological polar surface area (TPSA) is 142 Å². The smallest absolute Gasteiger partial charge is 2.00 e. The maximum atomic E-state index is 0. The van der Waals surface area contributed by atoms with Crippen LogP contribution in [0, 0.1) is 0 Å². The Balaban J connectivity index is 0. The molecule has 0 aliphatic heterocycles. The maximum absolute atomic E-state index is 0. The van der Waals surface area contributed by atoms with Gasteiger partial charge in [0.25, 0.3) is 0 Å². The fourth-order valence-electron chi connectivity index (χ4n) is 0. The standard InChI is InChI=1S/Ge.Li.5O.V/q+4;+1;5*-2;+5. The van der Waals surface area contributed by atoms with Gasteiger partial charge in [0.15, 0.2) is 0 Å². The van der Waals surface area contributed by atoms with Gasteiger partial charge in [-0.05, 0) is 0 Å². The summed E-state index contributed by atoms with van der Waals surface area (Å²) in [5, 5.41) is 0. The van der Waals surface area contributed by atoms with E-state index in [1.807, 2.05) is 0 Å². The Morgan fingerprint density at radius 3 is 0.500 bits per heavy atom. The van der Waals surface area contributed by atoms with E-state index in [0.29, 0.717) is 0 Å². The van der Waals surface area contributed by atoms with Gasteiger partial charge in [-0.3, -0.25) is 0 Å². The van der Waals surface area contributed by atoms with Gasteiger partial charge >= 0.3 is 55.0 Å². The van der Waals surface area contributed by atoms with Crippen LogP contribution in [0.3, 0.4) is 0 Å². The predicted octanol–water partition coefficient (Wildman–Crippen LogP) is -3.97. The van der Waals surface area contributed by atoms with Crippen molar-refractivity contribution in [3.63, 3.8) is 0 Å². The number of hydrogen-bond acceptors (Lipinski definition) is 0. The second-order valence-corrected chi connectivity index (χ2v) is 0. The Morgan fingerprint density at radius 2 is 0.500 bits per heavy atom. The summed E-state index contributed by atoms with van der Waals surface area (Å²) in [6.07, 6.45) is 0. The van der Waals surface area contributed by atoms with Crippen molar-refractivity contribution in [2.45, 2.75) is 0 Å². The molecule has 0 aliphatic carbocycles. The van der Waals surface area contributed by atoms with Crippen molar-refractivity contribution < 1.29 is 64.8 Å². The fraction of sp³-hybridized carbons (Fsp3) is 0. The van der Waals surface area contributed by atoms with Crippen molar-refractivity contribution in [3.05, 3.63) is 0 Å². The minimum Gasteiger partial charge on any atom is -2.00 e. The van der Waals surface area contributed by atoms with Crippen molar-refractivity contribution in [2.75, 3.05) is 0 Å². The molecule has 0 spiro atoms. The molecule has 0 N–H and O–H groups in total. The van der Waals surface area contributed by atoms with E-state index < -0.39 is 0 Å². The van der Waals surface area contributed by atoms with Gasteiger partial charge < -0.3 is 27.4 Å². The average molecular weight is 210 g/mol. The van der Waals surface area contributed by atoms with Crippen LogP contribution in [0.1, 0.15) is 0 Å². The summed E-state index contributed by atoms with van der Waals surface area (Å²) >= 11 is 0. The second kappa shape index (κ2) is 208. The largest absolute Gasteiger partial charge is 5.00 e. The molecule has 0 aliphatic rings. The maximum Gasteiger partial charge on any atom is 5.00 e. The normalized spacial score (nSPS) is 0. The average Bonchev–Trinajstić information content (AvgIpc) is 0. The van der Waals surface area contributed by atoms with Gasteiger partial charge in [0, 0.05) is 0 Å². The zero-order valence-corrected chi connectivity index (χ0v) is 7.48. The molecular weight excluding hydrogens is 210 g/mol. The van der Waals surface area contributed by atoms with Crippen LogP contribution in [0.15, 0.2) is 0 Å². The number of rotatable bonds is 0. The molecule has 0 unspecified atom stereocenters. The Hall–Kier alpha value is 1.52. The Kier molecular flexibility index (Phi) is 7730. The van der Waals surface area contributed by atoms with E-state index in [4.69, 9.17) is 0 Å². The molecule has 0 radical (unpaired) electrons. The summed E-state index contributed by atoms with van der Waals surface area (Å²) in [5.74, 6) is 0. The van der Waals surface area contributed by atoms with Gasteiger partial charge in [-0.2, -0.15) is 0 Å². The van der Waals surface area contributed by atoms with E-state index in [2.05, 4.69) is 0 Å². The van der Waals surface area contributed by atoms with Crippen LogP contribution in [-0.4, -0.2) is 17.6 Å². The van der Waals surface area contributed by atoms with Crippen LogP contribution in [0.4, 0.5) is 0 Å². The molecule has 0 atom stereocenters. The van der Waals surface area contributed by atoms with Crippen molar-refractivity contribution in [1.82, 2.24) is 0 Å². The van der Waals surface area contributed by atoms with Crippen LogP contribution < -0.4 is 18.9 Å². The third-order valence-corrected chi connectivity index (χ3v) is 0. The van der Waals surface area contributed by atoms with Gasteiger partial charge in [-0.25, -0.2) is 0 Å². The summed E-state index contributed by atoms with van der Waals surface area (Å²) in [4.78, 5) is 0. The molecule has 5 nitrogen and oxygen atoms in total. The van der Waals surface area contributed by atoms with Gasteiger partial charge in [0.2, 0.25) is 0 Å². The van der Waals surface area contributed by atoms with Crippen LogP contribution in [0.5, 0.6) is 0 Å². The van der Waals surface area contributed by atoms with Crippen molar-refractivity contribution >= 4 is 17.6 Å². The number of hydrogen-bond donors (Lipinski definition) is 0. The summed E-state index contributed by atoms with van der Waals surface area (Å²) in [6.45, 7) is 0. The van der Waals surface area contributed by atoms with E-state index in [0.717, 1.165) is 0 Å². The van der Waals surface area contributed by atoms with E-state index in [1.54, 1.807) is 0 Å². The molecule has 0 amide bonds. The van der Waals surface area contributed by atoms with Crippen LogP contribution in [-0.2, 0) is 45.9 Å². The first kappa shape index (κ1) is 298. The first-order valence-electron chi connectivity index (χ1n) is 0. The second-order valence-electron chi connectivity index (χ2n) is 0. The zero-order valence-electron chi connectivity index (χ0n) is 3.99. The zero-order chi connectivity index (χ0) is 0. The van der Waals surface area contributed by atoms with Crippen molar-refractivity contribution in [3.8, 4) is 0 Å². The monoisotopic (exact) mass is 212 g/mol. The SMILES string of the molecule is [Ge+4].[Li+].[O-2].[O-2].[O-2].[O-2].[O-2].[V+5]. The molecule has 0 aromatic carbocycles. The molecule has 0 fully saturated rings. The van der Waals surface area contributed by atoms with Crippen molar-refractivity contribution in [2.24, 2.45) is 0 Å². The molecule has 8 heavy (non-hydrogen) atoms. The van der Waals surface area contributed by atoms with Crippen molar-refractivity contribution in [1.29, 1.82) is 0 Å². The molecule has 40 valence electrons. The van der Waals surface area contributed by atoms with E-state index >= 15 is 0 Å².